The van der Waals surface area contributed by atoms with E-state index in [-0.39, 0.29) is 6.04 Å². The average molecular weight is 318 g/mol. The number of sulfonamides is 1. The van der Waals surface area contributed by atoms with Gasteiger partial charge in [-0.2, -0.15) is 0 Å². The first-order chi connectivity index (χ1) is 7.97. The van der Waals surface area contributed by atoms with Crippen LogP contribution in [0.5, 0.6) is 0 Å². The standard InChI is InChI=1S/C12H16BrNO2S/c1-9(7-10-5-6-10)14-17(15,16)12-4-2-3-11(13)8-12/h2-4,8-10,14H,5-7H2,1H3. The van der Waals surface area contributed by atoms with E-state index < -0.39 is 10.0 Å². The summed E-state index contributed by atoms with van der Waals surface area (Å²) in [6, 6.07) is 6.77. The normalized spacial score (nSPS) is 18.0. The van der Waals surface area contributed by atoms with E-state index in [0.717, 1.165) is 16.8 Å². The van der Waals surface area contributed by atoms with E-state index in [1.807, 2.05) is 13.0 Å². The highest BCUT2D eigenvalue weighted by Crippen LogP contribution is 2.33. The van der Waals surface area contributed by atoms with E-state index in [1.54, 1.807) is 18.2 Å². The monoisotopic (exact) mass is 317 g/mol. The topological polar surface area (TPSA) is 46.2 Å². The van der Waals surface area contributed by atoms with Crippen LogP contribution in [0.1, 0.15) is 26.2 Å². The maximum Gasteiger partial charge on any atom is 0.240 e. The van der Waals surface area contributed by atoms with Gasteiger partial charge < -0.3 is 0 Å². The summed E-state index contributed by atoms with van der Waals surface area (Å²) >= 11 is 3.28. The van der Waals surface area contributed by atoms with Crippen LogP contribution in [0.2, 0.25) is 0 Å². The molecular weight excluding hydrogens is 302 g/mol. The summed E-state index contributed by atoms with van der Waals surface area (Å²) in [6.45, 7) is 1.92. The summed E-state index contributed by atoms with van der Waals surface area (Å²) < 4.78 is 27.6. The Morgan fingerprint density at radius 1 is 1.47 bits per heavy atom. The smallest absolute Gasteiger partial charge is 0.208 e. The van der Waals surface area contributed by atoms with Crippen molar-refractivity contribution < 1.29 is 8.42 Å². The molecule has 0 heterocycles. The molecule has 17 heavy (non-hydrogen) atoms. The van der Waals surface area contributed by atoms with Crippen LogP contribution in [0.3, 0.4) is 0 Å². The fourth-order valence-corrected chi connectivity index (χ4v) is 3.72. The Morgan fingerprint density at radius 3 is 2.76 bits per heavy atom. The van der Waals surface area contributed by atoms with Crippen molar-refractivity contribution in [3.63, 3.8) is 0 Å². The summed E-state index contributed by atoms with van der Waals surface area (Å²) in [5.74, 6) is 0.718. The molecule has 0 radical (unpaired) electrons. The number of nitrogens with one attached hydrogen (secondary N) is 1. The molecule has 0 amide bonds. The van der Waals surface area contributed by atoms with Crippen LogP contribution in [-0.2, 0) is 10.0 Å². The molecule has 0 bridgehead atoms. The first-order valence-corrected chi connectivity index (χ1v) is 8.03. The molecular formula is C12H16BrNO2S. The maximum atomic E-state index is 12.1. The van der Waals surface area contributed by atoms with Gasteiger partial charge in [-0.3, -0.25) is 0 Å². The Kier molecular flexibility index (Phi) is 3.90. The Balaban J connectivity index is 2.07. The van der Waals surface area contributed by atoms with Crippen molar-refractivity contribution in [3.8, 4) is 0 Å². The number of hydrogen-bond donors (Lipinski definition) is 1. The molecule has 1 atom stereocenters. The van der Waals surface area contributed by atoms with Gasteiger partial charge in [0.05, 0.1) is 4.90 Å². The third-order valence-corrected chi connectivity index (χ3v) is 4.93. The van der Waals surface area contributed by atoms with Crippen LogP contribution in [-0.4, -0.2) is 14.5 Å². The van der Waals surface area contributed by atoms with Crippen molar-refractivity contribution in [2.75, 3.05) is 0 Å². The second-order valence-electron chi connectivity index (χ2n) is 4.66. The lowest BCUT2D eigenvalue weighted by atomic mass is 10.2. The molecule has 1 aliphatic carbocycles. The number of hydrogen-bond acceptors (Lipinski definition) is 2. The SMILES string of the molecule is CC(CC1CC1)NS(=O)(=O)c1cccc(Br)c1. The highest BCUT2D eigenvalue weighted by atomic mass is 79.9. The minimum atomic E-state index is -3.38. The van der Waals surface area contributed by atoms with E-state index in [9.17, 15) is 8.42 Å². The molecule has 1 N–H and O–H groups in total. The number of rotatable bonds is 5. The largest absolute Gasteiger partial charge is 0.240 e. The quantitative estimate of drug-likeness (QED) is 0.907. The number of halogens is 1. The summed E-state index contributed by atoms with van der Waals surface area (Å²) in [4.78, 5) is 0.314. The maximum absolute atomic E-state index is 12.1. The molecule has 0 aromatic heterocycles. The molecule has 2 rings (SSSR count). The van der Waals surface area contributed by atoms with Gasteiger partial charge in [0.15, 0.2) is 0 Å². The second-order valence-corrected chi connectivity index (χ2v) is 7.29. The van der Waals surface area contributed by atoms with Crippen molar-refractivity contribution in [1.29, 1.82) is 0 Å². The van der Waals surface area contributed by atoms with Gasteiger partial charge in [0, 0.05) is 10.5 Å². The van der Waals surface area contributed by atoms with Crippen LogP contribution in [0, 0.1) is 5.92 Å². The minimum Gasteiger partial charge on any atom is -0.208 e. The van der Waals surface area contributed by atoms with Gasteiger partial charge in [-0.15, -0.1) is 0 Å². The van der Waals surface area contributed by atoms with Crippen LogP contribution in [0.25, 0.3) is 0 Å². The Morgan fingerprint density at radius 2 is 2.18 bits per heavy atom. The van der Waals surface area contributed by atoms with Gasteiger partial charge in [0.25, 0.3) is 0 Å². The molecule has 1 unspecified atom stereocenters. The van der Waals surface area contributed by atoms with Crippen molar-refractivity contribution in [2.24, 2.45) is 5.92 Å². The average Bonchev–Trinajstić information content (AvgIpc) is 3.00. The zero-order valence-electron chi connectivity index (χ0n) is 9.69. The van der Waals surface area contributed by atoms with E-state index >= 15 is 0 Å². The minimum absolute atomic E-state index is 0.00600. The third kappa shape index (κ3) is 3.79. The Labute approximate surface area is 111 Å². The summed E-state index contributed by atoms with van der Waals surface area (Å²) in [5.41, 5.74) is 0. The van der Waals surface area contributed by atoms with Gasteiger partial charge in [0.2, 0.25) is 10.0 Å². The van der Waals surface area contributed by atoms with E-state index in [4.69, 9.17) is 0 Å². The Bertz CT molecular complexity index is 497. The lowest BCUT2D eigenvalue weighted by Gasteiger charge is -2.13. The van der Waals surface area contributed by atoms with Gasteiger partial charge in [-0.05, 0) is 37.5 Å². The molecule has 0 spiro atoms. The third-order valence-electron chi connectivity index (χ3n) is 2.85. The summed E-state index contributed by atoms with van der Waals surface area (Å²) in [7, 11) is -3.38. The highest BCUT2D eigenvalue weighted by Gasteiger charge is 2.26. The summed E-state index contributed by atoms with van der Waals surface area (Å²) in [6.07, 6.45) is 3.42. The second kappa shape index (κ2) is 5.08. The molecule has 94 valence electrons. The molecule has 1 aliphatic rings. The molecule has 5 heteroatoms. The molecule has 1 fully saturated rings. The van der Waals surface area contributed by atoms with E-state index in [1.165, 1.54) is 12.8 Å². The van der Waals surface area contributed by atoms with Gasteiger partial charge in [-0.25, -0.2) is 13.1 Å². The molecule has 3 nitrogen and oxygen atoms in total. The fourth-order valence-electron chi connectivity index (χ4n) is 1.87. The predicted molar refractivity (Wildman–Crippen MR) is 71.3 cm³/mol. The van der Waals surface area contributed by atoms with E-state index in [2.05, 4.69) is 20.7 Å². The van der Waals surface area contributed by atoms with Gasteiger partial charge in [-0.1, -0.05) is 34.8 Å². The zero-order chi connectivity index (χ0) is 12.5. The van der Waals surface area contributed by atoms with Gasteiger partial charge >= 0.3 is 0 Å². The zero-order valence-corrected chi connectivity index (χ0v) is 12.1. The molecule has 1 saturated carbocycles. The highest BCUT2D eigenvalue weighted by molar-refractivity contribution is 9.10. The van der Waals surface area contributed by atoms with Crippen molar-refractivity contribution >= 4 is 26.0 Å². The van der Waals surface area contributed by atoms with Crippen LogP contribution in [0.4, 0.5) is 0 Å². The first kappa shape index (κ1) is 13.1. The Hall–Kier alpha value is -0.390. The van der Waals surface area contributed by atoms with Gasteiger partial charge in [0.1, 0.15) is 0 Å². The van der Waals surface area contributed by atoms with Crippen LogP contribution < -0.4 is 4.72 Å². The molecule has 0 aliphatic heterocycles. The summed E-state index contributed by atoms with van der Waals surface area (Å²) in [5, 5.41) is 0. The van der Waals surface area contributed by atoms with Crippen molar-refractivity contribution in [2.45, 2.75) is 37.1 Å². The first-order valence-electron chi connectivity index (χ1n) is 5.75. The lowest BCUT2D eigenvalue weighted by Crippen LogP contribution is -2.32. The van der Waals surface area contributed by atoms with Crippen LogP contribution >= 0.6 is 15.9 Å². The van der Waals surface area contributed by atoms with E-state index in [0.29, 0.717) is 4.90 Å². The predicted octanol–water partition coefficient (Wildman–Crippen LogP) is 2.92. The number of benzene rings is 1. The molecule has 1 aromatic carbocycles. The fraction of sp³-hybridized carbons (Fsp3) is 0.500. The lowest BCUT2D eigenvalue weighted by molar-refractivity contribution is 0.530. The van der Waals surface area contributed by atoms with Crippen molar-refractivity contribution in [1.82, 2.24) is 4.72 Å². The molecule has 0 saturated heterocycles. The molecule has 1 aromatic rings. The van der Waals surface area contributed by atoms with Crippen molar-refractivity contribution in [3.05, 3.63) is 28.7 Å². The van der Waals surface area contributed by atoms with Crippen LogP contribution in [0.15, 0.2) is 33.6 Å².